The Morgan fingerprint density at radius 3 is 1.90 bits per heavy atom. The topological polar surface area (TPSA) is 76.7 Å². The number of benzene rings is 3. The molecule has 6 heteroatoms. The number of carbonyl (C=O) groups is 2. The van der Waals surface area contributed by atoms with Gasteiger partial charge in [0.2, 0.25) is 5.91 Å². The molecule has 3 aromatic rings. The Morgan fingerprint density at radius 2 is 1.29 bits per heavy atom. The summed E-state index contributed by atoms with van der Waals surface area (Å²) >= 11 is 0. The van der Waals surface area contributed by atoms with Crippen LogP contribution in [0.3, 0.4) is 0 Å². The van der Waals surface area contributed by atoms with E-state index in [2.05, 4.69) is 10.6 Å². The Bertz CT molecular complexity index is 1020. The maximum Gasteiger partial charge on any atom is 0.258 e. The Balaban J connectivity index is 1.42. The molecule has 2 N–H and O–H groups in total. The molecule has 0 saturated carbocycles. The van der Waals surface area contributed by atoms with Crippen LogP contribution in [0, 0.1) is 20.8 Å². The van der Waals surface area contributed by atoms with Gasteiger partial charge in [0.1, 0.15) is 17.2 Å². The van der Waals surface area contributed by atoms with Gasteiger partial charge in [0, 0.05) is 5.69 Å². The third kappa shape index (κ3) is 6.60. The van der Waals surface area contributed by atoms with E-state index in [0.717, 1.165) is 28.1 Å². The number of para-hydroxylation sites is 1. The smallest absolute Gasteiger partial charge is 0.258 e. The molecule has 0 unspecified atom stereocenters. The molecule has 3 rings (SSSR count). The van der Waals surface area contributed by atoms with Gasteiger partial charge in [0.25, 0.3) is 5.91 Å². The van der Waals surface area contributed by atoms with Crippen molar-refractivity contribution in [2.24, 2.45) is 0 Å². The monoisotopic (exact) mass is 418 g/mol. The second-order valence-corrected chi connectivity index (χ2v) is 7.27. The van der Waals surface area contributed by atoms with Crippen molar-refractivity contribution < 1.29 is 19.1 Å². The molecule has 0 fully saturated rings. The Morgan fingerprint density at radius 1 is 0.742 bits per heavy atom. The number of anilines is 1. The van der Waals surface area contributed by atoms with Gasteiger partial charge in [-0.3, -0.25) is 9.59 Å². The first-order valence-electron chi connectivity index (χ1n) is 10.0. The number of ether oxygens (including phenoxy) is 2. The lowest BCUT2D eigenvalue weighted by Crippen LogP contribution is -2.36. The van der Waals surface area contributed by atoms with Gasteiger partial charge >= 0.3 is 0 Å². The molecule has 6 nitrogen and oxygen atoms in total. The quantitative estimate of drug-likeness (QED) is 0.563. The number of hydrogen-bond acceptors (Lipinski definition) is 4. The molecule has 0 bridgehead atoms. The Labute approximate surface area is 182 Å². The van der Waals surface area contributed by atoms with Crippen molar-refractivity contribution in [2.45, 2.75) is 20.8 Å². The highest BCUT2D eigenvalue weighted by atomic mass is 16.5. The van der Waals surface area contributed by atoms with Gasteiger partial charge in [-0.15, -0.1) is 0 Å². The highest BCUT2D eigenvalue weighted by molar-refractivity contribution is 5.95. The average molecular weight is 418 g/mol. The fourth-order valence-electron chi connectivity index (χ4n) is 2.92. The van der Waals surface area contributed by atoms with Crippen LogP contribution in [0.4, 0.5) is 5.69 Å². The predicted molar refractivity (Wildman–Crippen MR) is 121 cm³/mol. The maximum atomic E-state index is 12.1. The van der Waals surface area contributed by atoms with E-state index in [0.29, 0.717) is 11.5 Å². The van der Waals surface area contributed by atoms with Crippen molar-refractivity contribution in [3.8, 4) is 17.2 Å². The van der Waals surface area contributed by atoms with Crippen molar-refractivity contribution in [1.82, 2.24) is 5.32 Å². The van der Waals surface area contributed by atoms with Gasteiger partial charge in [-0.2, -0.15) is 0 Å². The summed E-state index contributed by atoms with van der Waals surface area (Å²) in [6.45, 7) is 5.55. The van der Waals surface area contributed by atoms with E-state index < -0.39 is 0 Å². The third-order valence-corrected chi connectivity index (χ3v) is 4.64. The minimum Gasteiger partial charge on any atom is -0.484 e. The van der Waals surface area contributed by atoms with Crippen LogP contribution in [0.5, 0.6) is 17.2 Å². The van der Waals surface area contributed by atoms with Crippen LogP contribution in [0.25, 0.3) is 0 Å². The summed E-state index contributed by atoms with van der Waals surface area (Å²) in [6.07, 6.45) is 0. The molecule has 31 heavy (non-hydrogen) atoms. The summed E-state index contributed by atoms with van der Waals surface area (Å²) in [5.74, 6) is 1.29. The Kier molecular flexibility index (Phi) is 7.27. The first kappa shape index (κ1) is 21.9. The summed E-state index contributed by atoms with van der Waals surface area (Å²) in [4.78, 5) is 24.1. The molecule has 0 spiro atoms. The molecule has 2 amide bonds. The van der Waals surface area contributed by atoms with Crippen molar-refractivity contribution in [3.05, 3.63) is 83.4 Å². The van der Waals surface area contributed by atoms with E-state index in [-0.39, 0.29) is 25.0 Å². The van der Waals surface area contributed by atoms with Crippen LogP contribution < -0.4 is 20.1 Å². The average Bonchev–Trinajstić information content (AvgIpc) is 2.76. The summed E-state index contributed by atoms with van der Waals surface area (Å²) in [6, 6.07) is 20.5. The van der Waals surface area contributed by atoms with Crippen LogP contribution >= 0.6 is 0 Å². The summed E-state index contributed by atoms with van der Waals surface area (Å²) in [7, 11) is 0. The zero-order chi connectivity index (χ0) is 22.2. The molecule has 0 aliphatic heterocycles. The van der Waals surface area contributed by atoms with Crippen molar-refractivity contribution in [1.29, 1.82) is 0 Å². The van der Waals surface area contributed by atoms with E-state index in [4.69, 9.17) is 9.47 Å². The van der Waals surface area contributed by atoms with Gasteiger partial charge in [-0.1, -0.05) is 35.9 Å². The van der Waals surface area contributed by atoms with Crippen LogP contribution in [0.15, 0.2) is 66.7 Å². The summed E-state index contributed by atoms with van der Waals surface area (Å²) in [5.41, 5.74) is 3.87. The highest BCUT2D eigenvalue weighted by Crippen LogP contribution is 2.24. The van der Waals surface area contributed by atoms with E-state index in [1.54, 1.807) is 24.3 Å². The lowest BCUT2D eigenvalue weighted by atomic mass is 10.1. The van der Waals surface area contributed by atoms with Crippen molar-refractivity contribution in [3.63, 3.8) is 0 Å². The van der Waals surface area contributed by atoms with Crippen LogP contribution in [0.1, 0.15) is 16.7 Å². The lowest BCUT2D eigenvalue weighted by molar-refractivity contribution is -0.125. The highest BCUT2D eigenvalue weighted by Gasteiger charge is 2.09. The zero-order valence-electron chi connectivity index (χ0n) is 17.9. The fraction of sp³-hybridized carbons (Fsp3) is 0.200. The summed E-state index contributed by atoms with van der Waals surface area (Å²) in [5, 5.41) is 5.39. The Hall–Kier alpha value is -3.80. The normalized spacial score (nSPS) is 10.3. The van der Waals surface area contributed by atoms with Gasteiger partial charge in [-0.25, -0.2) is 0 Å². The van der Waals surface area contributed by atoms with Crippen LogP contribution in [-0.2, 0) is 9.59 Å². The standard InChI is InChI=1S/C25H26N2O4/c1-17-7-9-21(10-8-17)31-22-13-11-20(12-14-22)30-16-24(29)26-15-23(28)27-25-18(2)5-4-6-19(25)3/h4-14H,15-16H2,1-3H3,(H,26,29)(H,27,28). The van der Waals surface area contributed by atoms with Gasteiger partial charge < -0.3 is 20.1 Å². The number of nitrogens with one attached hydrogen (secondary N) is 2. The number of hydrogen-bond donors (Lipinski definition) is 2. The number of aryl methyl sites for hydroxylation is 3. The molecule has 160 valence electrons. The SMILES string of the molecule is Cc1ccc(Oc2ccc(OCC(=O)NCC(=O)Nc3c(C)cccc3C)cc2)cc1. The van der Waals surface area contributed by atoms with E-state index in [9.17, 15) is 9.59 Å². The first-order chi connectivity index (χ1) is 14.9. The van der Waals surface area contributed by atoms with Crippen molar-refractivity contribution >= 4 is 17.5 Å². The number of rotatable bonds is 8. The number of carbonyl (C=O) groups excluding carboxylic acids is 2. The molecule has 0 aliphatic carbocycles. The second-order valence-electron chi connectivity index (χ2n) is 7.27. The molecule has 0 aliphatic rings. The van der Waals surface area contributed by atoms with Gasteiger partial charge in [0.15, 0.2) is 6.61 Å². The van der Waals surface area contributed by atoms with Gasteiger partial charge in [0.05, 0.1) is 6.54 Å². The summed E-state index contributed by atoms with van der Waals surface area (Å²) < 4.78 is 11.2. The molecular weight excluding hydrogens is 392 g/mol. The van der Waals surface area contributed by atoms with Crippen LogP contribution in [0.2, 0.25) is 0 Å². The molecule has 3 aromatic carbocycles. The molecule has 0 heterocycles. The largest absolute Gasteiger partial charge is 0.484 e. The van der Waals surface area contributed by atoms with Crippen molar-refractivity contribution in [2.75, 3.05) is 18.5 Å². The van der Waals surface area contributed by atoms with E-state index in [1.807, 2.05) is 63.2 Å². The molecule has 0 saturated heterocycles. The molecule has 0 radical (unpaired) electrons. The first-order valence-corrected chi connectivity index (χ1v) is 10.0. The number of amides is 2. The second kappa shape index (κ2) is 10.3. The van der Waals surface area contributed by atoms with E-state index >= 15 is 0 Å². The van der Waals surface area contributed by atoms with Gasteiger partial charge in [-0.05, 0) is 68.3 Å². The van der Waals surface area contributed by atoms with E-state index in [1.165, 1.54) is 0 Å². The third-order valence-electron chi connectivity index (χ3n) is 4.64. The predicted octanol–water partition coefficient (Wildman–Crippen LogP) is 4.54. The molecule has 0 aromatic heterocycles. The maximum absolute atomic E-state index is 12.1. The fourth-order valence-corrected chi connectivity index (χ4v) is 2.92. The minimum absolute atomic E-state index is 0.126. The van der Waals surface area contributed by atoms with Crippen LogP contribution in [-0.4, -0.2) is 25.0 Å². The zero-order valence-corrected chi connectivity index (χ0v) is 17.9. The molecule has 0 atom stereocenters. The minimum atomic E-state index is -0.378. The lowest BCUT2D eigenvalue weighted by Gasteiger charge is -2.12. The molecular formula is C25H26N2O4.